The highest BCUT2D eigenvalue weighted by atomic mass is 79.9. The summed E-state index contributed by atoms with van der Waals surface area (Å²) in [7, 11) is 0. The fraction of sp³-hybridized carbons (Fsp3) is 0.533. The van der Waals surface area contributed by atoms with Crippen LogP contribution in [0.5, 0.6) is 0 Å². The minimum Gasteiger partial charge on any atom is -0.353 e. The molecule has 3 N–H and O–H groups in total. The van der Waals surface area contributed by atoms with Crippen LogP contribution in [0.1, 0.15) is 37.7 Å². The van der Waals surface area contributed by atoms with Gasteiger partial charge in [-0.05, 0) is 43.7 Å². The van der Waals surface area contributed by atoms with E-state index in [1.807, 2.05) is 18.2 Å². The van der Waals surface area contributed by atoms with Crippen molar-refractivity contribution in [2.24, 2.45) is 5.73 Å². The van der Waals surface area contributed by atoms with Gasteiger partial charge in [-0.15, -0.1) is 12.4 Å². The van der Waals surface area contributed by atoms with E-state index in [0.717, 1.165) is 36.6 Å². The molecular weight excluding hydrogens is 340 g/mol. The van der Waals surface area contributed by atoms with Crippen molar-refractivity contribution in [3.63, 3.8) is 0 Å². The van der Waals surface area contributed by atoms with Gasteiger partial charge >= 0.3 is 0 Å². The average Bonchev–Trinajstić information content (AvgIpc) is 2.40. The van der Waals surface area contributed by atoms with E-state index in [2.05, 4.69) is 27.3 Å². The molecule has 2 rings (SSSR count). The molecule has 1 aromatic carbocycles. The smallest absolute Gasteiger partial charge is 0.220 e. The van der Waals surface area contributed by atoms with E-state index in [4.69, 9.17) is 5.73 Å². The molecule has 1 fully saturated rings. The van der Waals surface area contributed by atoms with Gasteiger partial charge in [-0.2, -0.15) is 0 Å². The topological polar surface area (TPSA) is 55.1 Å². The second-order valence-electron chi connectivity index (χ2n) is 5.27. The van der Waals surface area contributed by atoms with Gasteiger partial charge in [0.15, 0.2) is 0 Å². The lowest BCUT2D eigenvalue weighted by Gasteiger charge is -2.26. The summed E-state index contributed by atoms with van der Waals surface area (Å²) in [5.74, 6) is 0.149. The van der Waals surface area contributed by atoms with Crippen LogP contribution in [0.25, 0.3) is 0 Å². The molecule has 3 nitrogen and oxygen atoms in total. The number of aryl methyl sites for hydroxylation is 1. The van der Waals surface area contributed by atoms with E-state index in [1.165, 1.54) is 5.56 Å². The highest BCUT2D eigenvalue weighted by Crippen LogP contribution is 2.19. The van der Waals surface area contributed by atoms with Gasteiger partial charge in [0.05, 0.1) is 0 Å². The molecule has 0 radical (unpaired) electrons. The molecule has 1 aliphatic carbocycles. The molecule has 0 aromatic heterocycles. The van der Waals surface area contributed by atoms with Gasteiger partial charge in [0, 0.05) is 23.0 Å². The molecule has 20 heavy (non-hydrogen) atoms. The Morgan fingerprint density at radius 1 is 1.25 bits per heavy atom. The molecule has 1 aliphatic rings. The number of halogens is 2. The summed E-state index contributed by atoms with van der Waals surface area (Å²) < 4.78 is 1.08. The maximum Gasteiger partial charge on any atom is 0.220 e. The summed E-state index contributed by atoms with van der Waals surface area (Å²) in [5, 5.41) is 3.12. The number of benzene rings is 1. The summed E-state index contributed by atoms with van der Waals surface area (Å²) >= 11 is 3.51. The van der Waals surface area contributed by atoms with E-state index >= 15 is 0 Å². The zero-order valence-corrected chi connectivity index (χ0v) is 13.9. The Labute approximate surface area is 135 Å². The molecule has 0 spiro atoms. The molecule has 0 heterocycles. The van der Waals surface area contributed by atoms with Crippen LogP contribution in [0.4, 0.5) is 0 Å². The van der Waals surface area contributed by atoms with Gasteiger partial charge in [0.2, 0.25) is 5.91 Å². The van der Waals surface area contributed by atoms with Gasteiger partial charge in [0.25, 0.3) is 0 Å². The third kappa shape index (κ3) is 5.43. The number of carbonyl (C=O) groups excluding carboxylic acids is 1. The van der Waals surface area contributed by atoms with Gasteiger partial charge in [-0.25, -0.2) is 0 Å². The molecule has 0 aliphatic heterocycles. The summed E-state index contributed by atoms with van der Waals surface area (Å²) in [6.45, 7) is 0. The summed E-state index contributed by atoms with van der Waals surface area (Å²) in [6.07, 6.45) is 5.40. The number of nitrogens with one attached hydrogen (secondary N) is 1. The average molecular weight is 362 g/mol. The summed E-state index contributed by atoms with van der Waals surface area (Å²) in [5.41, 5.74) is 7.04. The minimum absolute atomic E-state index is 0. The van der Waals surface area contributed by atoms with Crippen LogP contribution in [0.15, 0.2) is 28.7 Å². The maximum absolute atomic E-state index is 11.9. The zero-order chi connectivity index (χ0) is 13.7. The van der Waals surface area contributed by atoms with Crippen molar-refractivity contribution in [1.82, 2.24) is 5.32 Å². The SMILES string of the molecule is Cl.NC1CCC(NC(=O)CCc2ccccc2Br)CC1. The fourth-order valence-corrected chi connectivity index (χ4v) is 3.00. The molecule has 1 amide bonds. The van der Waals surface area contributed by atoms with Gasteiger partial charge < -0.3 is 11.1 Å². The first-order chi connectivity index (χ1) is 9.15. The Bertz CT molecular complexity index is 434. The van der Waals surface area contributed by atoms with Crippen molar-refractivity contribution >= 4 is 34.2 Å². The van der Waals surface area contributed by atoms with Crippen molar-refractivity contribution in [3.05, 3.63) is 34.3 Å². The number of hydrogen-bond donors (Lipinski definition) is 2. The van der Waals surface area contributed by atoms with E-state index in [0.29, 0.717) is 18.5 Å². The highest BCUT2D eigenvalue weighted by molar-refractivity contribution is 9.10. The van der Waals surface area contributed by atoms with Crippen LogP contribution in [0.2, 0.25) is 0 Å². The van der Waals surface area contributed by atoms with Crippen molar-refractivity contribution in [2.75, 3.05) is 0 Å². The van der Waals surface area contributed by atoms with Crippen LogP contribution < -0.4 is 11.1 Å². The van der Waals surface area contributed by atoms with Crippen molar-refractivity contribution in [2.45, 2.75) is 50.6 Å². The van der Waals surface area contributed by atoms with Crippen LogP contribution in [-0.4, -0.2) is 18.0 Å². The van der Waals surface area contributed by atoms with Gasteiger partial charge in [-0.1, -0.05) is 34.1 Å². The molecule has 5 heteroatoms. The molecular formula is C15H22BrClN2O. The number of nitrogens with two attached hydrogens (primary N) is 1. The summed E-state index contributed by atoms with van der Waals surface area (Å²) in [6, 6.07) is 8.70. The van der Waals surface area contributed by atoms with E-state index in [9.17, 15) is 4.79 Å². The van der Waals surface area contributed by atoms with Crippen LogP contribution >= 0.6 is 28.3 Å². The Hall–Kier alpha value is -0.580. The highest BCUT2D eigenvalue weighted by Gasteiger charge is 2.19. The number of carbonyl (C=O) groups is 1. The largest absolute Gasteiger partial charge is 0.353 e. The van der Waals surface area contributed by atoms with Crippen LogP contribution in [0, 0.1) is 0 Å². The number of hydrogen-bond acceptors (Lipinski definition) is 2. The second-order valence-corrected chi connectivity index (χ2v) is 6.12. The Kier molecular flexibility index (Phi) is 7.56. The monoisotopic (exact) mass is 360 g/mol. The maximum atomic E-state index is 11.9. The number of amides is 1. The zero-order valence-electron chi connectivity index (χ0n) is 11.5. The lowest BCUT2D eigenvalue weighted by atomic mass is 9.92. The predicted molar refractivity (Wildman–Crippen MR) is 88.1 cm³/mol. The summed E-state index contributed by atoms with van der Waals surface area (Å²) in [4.78, 5) is 11.9. The van der Waals surface area contributed by atoms with Gasteiger partial charge in [0.1, 0.15) is 0 Å². The molecule has 0 atom stereocenters. The standard InChI is InChI=1S/C15H21BrN2O.ClH/c16-14-4-2-1-3-11(14)5-10-15(19)18-13-8-6-12(17)7-9-13;/h1-4,12-13H,5-10,17H2,(H,18,19);1H. The van der Waals surface area contributed by atoms with Crippen molar-refractivity contribution in [3.8, 4) is 0 Å². The van der Waals surface area contributed by atoms with Crippen molar-refractivity contribution in [1.29, 1.82) is 0 Å². The first-order valence-electron chi connectivity index (χ1n) is 6.93. The third-order valence-corrected chi connectivity index (χ3v) is 4.49. The van der Waals surface area contributed by atoms with Crippen molar-refractivity contribution < 1.29 is 4.79 Å². The van der Waals surface area contributed by atoms with E-state index < -0.39 is 0 Å². The Morgan fingerprint density at radius 2 is 1.90 bits per heavy atom. The first-order valence-corrected chi connectivity index (χ1v) is 7.73. The fourth-order valence-electron chi connectivity index (χ4n) is 2.51. The van der Waals surface area contributed by atoms with E-state index in [1.54, 1.807) is 0 Å². The van der Waals surface area contributed by atoms with Gasteiger partial charge in [-0.3, -0.25) is 4.79 Å². The lowest BCUT2D eigenvalue weighted by molar-refractivity contribution is -0.122. The molecule has 112 valence electrons. The predicted octanol–water partition coefficient (Wildman–Crippen LogP) is 3.19. The normalized spacial score (nSPS) is 21.9. The van der Waals surface area contributed by atoms with E-state index in [-0.39, 0.29) is 18.3 Å². The lowest BCUT2D eigenvalue weighted by Crippen LogP contribution is -2.40. The molecule has 0 saturated heterocycles. The molecule has 0 unspecified atom stereocenters. The second kappa shape index (κ2) is 8.65. The Balaban J connectivity index is 0.00000200. The van der Waals surface area contributed by atoms with Crippen LogP contribution in [0.3, 0.4) is 0 Å². The minimum atomic E-state index is 0. The molecule has 1 aromatic rings. The third-order valence-electron chi connectivity index (χ3n) is 3.72. The quantitative estimate of drug-likeness (QED) is 0.865. The first kappa shape index (κ1) is 17.5. The van der Waals surface area contributed by atoms with Crippen LogP contribution in [-0.2, 0) is 11.2 Å². The molecule has 0 bridgehead atoms. The number of rotatable bonds is 4. The molecule has 1 saturated carbocycles. The Morgan fingerprint density at radius 3 is 2.55 bits per heavy atom.